The number of aliphatic carboxylic acids is 1. The van der Waals surface area contributed by atoms with Crippen LogP contribution in [0.1, 0.15) is 10.4 Å². The molecule has 1 N–H and O–H groups in total. The van der Waals surface area contributed by atoms with Crippen LogP contribution in [0.3, 0.4) is 0 Å². The van der Waals surface area contributed by atoms with Gasteiger partial charge in [0.25, 0.3) is 0 Å². The van der Waals surface area contributed by atoms with Gasteiger partial charge >= 0.3 is 5.97 Å². The summed E-state index contributed by atoms with van der Waals surface area (Å²) in [6.45, 7) is 0.514. The molecule has 0 saturated heterocycles. The van der Waals surface area contributed by atoms with Crippen LogP contribution in [0.2, 0.25) is 0 Å². The molecular weight excluding hydrogens is 270 g/mol. The van der Waals surface area contributed by atoms with Crippen LogP contribution in [0.4, 0.5) is 0 Å². The second kappa shape index (κ2) is 6.01. The zero-order valence-corrected chi connectivity index (χ0v) is 11.0. The third kappa shape index (κ3) is 3.61. The third-order valence-corrected chi connectivity index (χ3v) is 3.52. The minimum Gasteiger partial charge on any atom is -0.481 e. The largest absolute Gasteiger partial charge is 0.481 e. The van der Waals surface area contributed by atoms with Crippen LogP contribution in [0.5, 0.6) is 0 Å². The van der Waals surface area contributed by atoms with Crippen LogP contribution in [0, 0.1) is 5.92 Å². The number of rotatable bonds is 5. The molecule has 1 aromatic carbocycles. The Labute approximate surface area is 104 Å². The number of hydrogen-bond acceptors (Lipinski definition) is 2. The fourth-order valence-electron chi connectivity index (χ4n) is 1.56. The average molecular weight is 286 g/mol. The molecule has 1 rings (SSSR count). The Balaban J connectivity index is 2.83. The second-order valence-corrected chi connectivity index (χ2v) is 5.01. The van der Waals surface area contributed by atoms with Crippen molar-refractivity contribution < 1.29 is 9.90 Å². The van der Waals surface area contributed by atoms with Crippen molar-refractivity contribution >= 4 is 21.9 Å². The lowest BCUT2D eigenvalue weighted by molar-refractivity contribution is -0.142. The van der Waals surface area contributed by atoms with E-state index in [1.54, 1.807) is 0 Å². The van der Waals surface area contributed by atoms with Crippen molar-refractivity contribution in [3.63, 3.8) is 0 Å². The highest BCUT2D eigenvalue weighted by atomic mass is 79.9. The fourth-order valence-corrected chi connectivity index (χ4v) is 2.26. The summed E-state index contributed by atoms with van der Waals surface area (Å²) in [5, 5.41) is 9.20. The van der Waals surface area contributed by atoms with Gasteiger partial charge in [-0.05, 0) is 19.7 Å². The van der Waals surface area contributed by atoms with Gasteiger partial charge in [0.1, 0.15) is 0 Å². The van der Waals surface area contributed by atoms with E-state index in [-0.39, 0.29) is 4.83 Å². The summed E-state index contributed by atoms with van der Waals surface area (Å²) >= 11 is 3.47. The molecule has 0 heterocycles. The van der Waals surface area contributed by atoms with E-state index >= 15 is 0 Å². The predicted octanol–water partition coefficient (Wildman–Crippen LogP) is 2.39. The lowest BCUT2D eigenvalue weighted by atomic mass is 9.99. The van der Waals surface area contributed by atoms with Crippen LogP contribution in [-0.2, 0) is 4.79 Å². The van der Waals surface area contributed by atoms with Crippen LogP contribution >= 0.6 is 15.9 Å². The highest BCUT2D eigenvalue weighted by Crippen LogP contribution is 2.31. The SMILES string of the molecule is CN(C)CC(C(=O)O)C(Br)c1ccccc1. The fraction of sp³-hybridized carbons (Fsp3) is 0.417. The Morgan fingerprint density at radius 2 is 1.94 bits per heavy atom. The van der Waals surface area contributed by atoms with E-state index in [1.807, 2.05) is 49.3 Å². The van der Waals surface area contributed by atoms with Crippen molar-refractivity contribution in [1.29, 1.82) is 0 Å². The van der Waals surface area contributed by atoms with Gasteiger partial charge in [0, 0.05) is 6.54 Å². The molecule has 0 amide bonds. The van der Waals surface area contributed by atoms with E-state index in [0.717, 1.165) is 5.56 Å². The number of benzene rings is 1. The van der Waals surface area contributed by atoms with E-state index in [1.165, 1.54) is 0 Å². The van der Waals surface area contributed by atoms with Crippen LogP contribution in [0.15, 0.2) is 30.3 Å². The Morgan fingerprint density at radius 1 is 1.38 bits per heavy atom. The number of carboxylic acid groups (broad SMARTS) is 1. The van der Waals surface area contributed by atoms with Crippen molar-refractivity contribution in [2.75, 3.05) is 20.6 Å². The Morgan fingerprint density at radius 3 is 2.38 bits per heavy atom. The molecule has 0 saturated carbocycles. The maximum absolute atomic E-state index is 11.2. The maximum atomic E-state index is 11.2. The van der Waals surface area contributed by atoms with Crippen LogP contribution in [0.25, 0.3) is 0 Å². The zero-order chi connectivity index (χ0) is 12.1. The van der Waals surface area contributed by atoms with Crippen molar-refractivity contribution in [2.24, 2.45) is 5.92 Å². The van der Waals surface area contributed by atoms with E-state index in [0.29, 0.717) is 6.54 Å². The predicted molar refractivity (Wildman–Crippen MR) is 67.8 cm³/mol. The van der Waals surface area contributed by atoms with Crippen molar-refractivity contribution in [1.82, 2.24) is 4.90 Å². The van der Waals surface area contributed by atoms with Gasteiger partial charge in [-0.15, -0.1) is 0 Å². The molecule has 16 heavy (non-hydrogen) atoms. The Kier molecular flexibility index (Phi) is 4.96. The van der Waals surface area contributed by atoms with Crippen molar-refractivity contribution in [2.45, 2.75) is 4.83 Å². The smallest absolute Gasteiger partial charge is 0.309 e. The first kappa shape index (κ1) is 13.2. The van der Waals surface area contributed by atoms with E-state index in [4.69, 9.17) is 0 Å². The van der Waals surface area contributed by atoms with Gasteiger partial charge in [-0.3, -0.25) is 4.79 Å². The molecule has 1 aromatic rings. The molecule has 0 aliphatic carbocycles. The molecule has 0 aliphatic heterocycles. The summed E-state index contributed by atoms with van der Waals surface area (Å²) in [5.41, 5.74) is 0.997. The quantitative estimate of drug-likeness (QED) is 0.845. The molecule has 4 heteroatoms. The van der Waals surface area contributed by atoms with E-state index < -0.39 is 11.9 Å². The summed E-state index contributed by atoms with van der Waals surface area (Å²) in [7, 11) is 3.75. The first-order chi connectivity index (χ1) is 7.52. The molecule has 2 unspecified atom stereocenters. The molecule has 0 bridgehead atoms. The van der Waals surface area contributed by atoms with Gasteiger partial charge in [-0.25, -0.2) is 0 Å². The van der Waals surface area contributed by atoms with E-state index in [2.05, 4.69) is 15.9 Å². The summed E-state index contributed by atoms with van der Waals surface area (Å²) < 4.78 is 0. The minimum atomic E-state index is -0.778. The highest BCUT2D eigenvalue weighted by molar-refractivity contribution is 9.09. The summed E-state index contributed by atoms with van der Waals surface area (Å²) in [4.78, 5) is 12.9. The standard InChI is InChI=1S/C12H16BrNO2/c1-14(2)8-10(12(15)16)11(13)9-6-4-3-5-7-9/h3-7,10-11H,8H2,1-2H3,(H,15,16). The van der Waals surface area contributed by atoms with Crippen molar-refractivity contribution in [3.05, 3.63) is 35.9 Å². The lowest BCUT2D eigenvalue weighted by Crippen LogP contribution is -2.30. The van der Waals surface area contributed by atoms with Gasteiger partial charge in [-0.2, -0.15) is 0 Å². The molecule has 0 radical (unpaired) electrons. The zero-order valence-electron chi connectivity index (χ0n) is 9.43. The Hall–Kier alpha value is -0.870. The average Bonchev–Trinajstić information content (AvgIpc) is 2.25. The number of carboxylic acids is 1. The number of hydrogen-bond donors (Lipinski definition) is 1. The highest BCUT2D eigenvalue weighted by Gasteiger charge is 2.27. The Bertz CT molecular complexity index is 340. The summed E-state index contributed by atoms with van der Waals surface area (Å²) in [6.07, 6.45) is 0. The van der Waals surface area contributed by atoms with Crippen LogP contribution in [-0.4, -0.2) is 36.6 Å². The molecule has 88 valence electrons. The molecule has 0 spiro atoms. The normalized spacial score (nSPS) is 14.8. The summed E-state index contributed by atoms with van der Waals surface area (Å²) in [5.74, 6) is -1.23. The molecule has 3 nitrogen and oxygen atoms in total. The second-order valence-electron chi connectivity index (χ2n) is 4.02. The number of alkyl halides is 1. The number of carbonyl (C=O) groups is 1. The number of halogens is 1. The van der Waals surface area contributed by atoms with Crippen molar-refractivity contribution in [3.8, 4) is 0 Å². The van der Waals surface area contributed by atoms with Gasteiger partial charge in [0.05, 0.1) is 10.7 Å². The lowest BCUT2D eigenvalue weighted by Gasteiger charge is -2.22. The minimum absolute atomic E-state index is 0.159. The monoisotopic (exact) mass is 285 g/mol. The van der Waals surface area contributed by atoms with Gasteiger partial charge in [-0.1, -0.05) is 46.3 Å². The molecular formula is C12H16BrNO2. The first-order valence-corrected chi connectivity index (χ1v) is 6.00. The third-order valence-electron chi connectivity index (χ3n) is 2.35. The molecule has 2 atom stereocenters. The molecule has 0 aromatic heterocycles. The maximum Gasteiger partial charge on any atom is 0.309 e. The first-order valence-electron chi connectivity index (χ1n) is 5.09. The molecule has 0 aliphatic rings. The van der Waals surface area contributed by atoms with Crippen LogP contribution < -0.4 is 0 Å². The summed E-state index contributed by atoms with van der Waals surface area (Å²) in [6, 6.07) is 9.62. The number of nitrogens with zero attached hydrogens (tertiary/aromatic N) is 1. The van der Waals surface area contributed by atoms with Gasteiger partial charge in [0.15, 0.2) is 0 Å². The van der Waals surface area contributed by atoms with Gasteiger partial charge in [0.2, 0.25) is 0 Å². The molecule has 0 fully saturated rings. The van der Waals surface area contributed by atoms with Gasteiger partial charge < -0.3 is 10.0 Å². The topological polar surface area (TPSA) is 40.5 Å². The van der Waals surface area contributed by atoms with E-state index in [9.17, 15) is 9.90 Å².